The fourth-order valence-electron chi connectivity index (χ4n) is 1.82. The van der Waals surface area contributed by atoms with Crippen molar-refractivity contribution in [2.75, 3.05) is 12.4 Å². The molecule has 18 heavy (non-hydrogen) atoms. The minimum atomic E-state index is 0.828. The van der Waals surface area contributed by atoms with Gasteiger partial charge >= 0.3 is 0 Å². The predicted molar refractivity (Wildman–Crippen MR) is 76.2 cm³/mol. The fraction of sp³-hybridized carbons (Fsp3) is 0.250. The van der Waals surface area contributed by atoms with Crippen LogP contribution in [-0.4, -0.2) is 7.11 Å². The van der Waals surface area contributed by atoms with E-state index in [2.05, 4.69) is 49.5 Å². The maximum atomic E-state index is 5.24. The van der Waals surface area contributed by atoms with Gasteiger partial charge in [-0.05, 0) is 31.0 Å². The summed E-state index contributed by atoms with van der Waals surface area (Å²) < 4.78 is 5.24. The summed E-state index contributed by atoms with van der Waals surface area (Å²) in [5, 5.41) is 3.44. The molecule has 2 nitrogen and oxygen atoms in total. The van der Waals surface area contributed by atoms with Crippen molar-refractivity contribution in [1.29, 1.82) is 0 Å². The van der Waals surface area contributed by atoms with E-state index in [0.29, 0.717) is 0 Å². The standard InChI is InChI=1S/C16H19NO/c1-12-4-7-14(8-5-12)11-17-16-10-15(18-3)9-6-13(16)2/h4-10,17H,11H2,1-3H3. The summed E-state index contributed by atoms with van der Waals surface area (Å²) in [4.78, 5) is 0. The molecule has 0 saturated heterocycles. The Morgan fingerprint density at radius 2 is 1.72 bits per heavy atom. The first-order valence-corrected chi connectivity index (χ1v) is 6.13. The van der Waals surface area contributed by atoms with Crippen LogP contribution in [0.5, 0.6) is 5.75 Å². The van der Waals surface area contributed by atoms with Crippen LogP contribution >= 0.6 is 0 Å². The third-order valence-corrected chi connectivity index (χ3v) is 3.05. The number of nitrogens with one attached hydrogen (secondary N) is 1. The lowest BCUT2D eigenvalue weighted by molar-refractivity contribution is 0.415. The van der Waals surface area contributed by atoms with Crippen LogP contribution in [0.1, 0.15) is 16.7 Å². The van der Waals surface area contributed by atoms with E-state index in [9.17, 15) is 0 Å². The molecule has 0 aliphatic carbocycles. The minimum Gasteiger partial charge on any atom is -0.497 e. The summed E-state index contributed by atoms with van der Waals surface area (Å²) in [6, 6.07) is 14.6. The molecular weight excluding hydrogens is 222 g/mol. The SMILES string of the molecule is COc1ccc(C)c(NCc2ccc(C)cc2)c1. The van der Waals surface area contributed by atoms with Gasteiger partial charge in [-0.25, -0.2) is 0 Å². The molecule has 1 N–H and O–H groups in total. The molecule has 0 spiro atoms. The van der Waals surface area contributed by atoms with Crippen LogP contribution in [-0.2, 0) is 6.54 Å². The minimum absolute atomic E-state index is 0.828. The predicted octanol–water partition coefficient (Wildman–Crippen LogP) is 3.92. The Bertz CT molecular complexity index is 517. The highest BCUT2D eigenvalue weighted by molar-refractivity contribution is 5.54. The number of hydrogen-bond acceptors (Lipinski definition) is 2. The van der Waals surface area contributed by atoms with E-state index < -0.39 is 0 Å². The Morgan fingerprint density at radius 1 is 1.00 bits per heavy atom. The molecule has 0 atom stereocenters. The molecule has 0 aliphatic heterocycles. The monoisotopic (exact) mass is 241 g/mol. The van der Waals surface area contributed by atoms with Crippen LogP contribution in [0.25, 0.3) is 0 Å². The number of methoxy groups -OCH3 is 1. The zero-order chi connectivity index (χ0) is 13.0. The Morgan fingerprint density at radius 3 is 2.39 bits per heavy atom. The molecule has 0 heterocycles. The number of anilines is 1. The third kappa shape index (κ3) is 3.04. The number of benzene rings is 2. The van der Waals surface area contributed by atoms with Gasteiger partial charge in [0.25, 0.3) is 0 Å². The molecule has 0 saturated carbocycles. The Kier molecular flexibility index (Phi) is 3.88. The molecule has 2 aromatic carbocycles. The van der Waals surface area contributed by atoms with E-state index in [0.717, 1.165) is 18.0 Å². The van der Waals surface area contributed by atoms with Crippen molar-refractivity contribution in [1.82, 2.24) is 0 Å². The average molecular weight is 241 g/mol. The lowest BCUT2D eigenvalue weighted by Crippen LogP contribution is -2.01. The van der Waals surface area contributed by atoms with Crippen molar-refractivity contribution in [3.8, 4) is 5.75 Å². The second-order valence-electron chi connectivity index (χ2n) is 4.52. The fourth-order valence-corrected chi connectivity index (χ4v) is 1.82. The van der Waals surface area contributed by atoms with Crippen molar-refractivity contribution in [3.05, 3.63) is 59.2 Å². The van der Waals surface area contributed by atoms with Crippen molar-refractivity contribution >= 4 is 5.69 Å². The molecule has 0 aliphatic rings. The van der Waals surface area contributed by atoms with Crippen LogP contribution in [0.2, 0.25) is 0 Å². The van der Waals surface area contributed by atoms with Crippen molar-refractivity contribution < 1.29 is 4.74 Å². The van der Waals surface area contributed by atoms with E-state index in [4.69, 9.17) is 4.74 Å². The molecular formula is C16H19NO. The molecule has 0 bridgehead atoms. The molecule has 0 fully saturated rings. The zero-order valence-corrected chi connectivity index (χ0v) is 11.2. The Hall–Kier alpha value is -1.96. The molecule has 2 aromatic rings. The number of aryl methyl sites for hydroxylation is 2. The van der Waals surface area contributed by atoms with Gasteiger partial charge in [0, 0.05) is 18.3 Å². The van der Waals surface area contributed by atoms with Crippen LogP contribution in [0.15, 0.2) is 42.5 Å². The molecule has 2 heteroatoms. The van der Waals surface area contributed by atoms with E-state index in [1.54, 1.807) is 7.11 Å². The van der Waals surface area contributed by atoms with E-state index in [-0.39, 0.29) is 0 Å². The van der Waals surface area contributed by atoms with Gasteiger partial charge in [-0.3, -0.25) is 0 Å². The summed E-state index contributed by atoms with van der Waals surface area (Å²) in [6.07, 6.45) is 0. The normalized spacial score (nSPS) is 10.2. The van der Waals surface area contributed by atoms with Crippen LogP contribution in [0.3, 0.4) is 0 Å². The maximum Gasteiger partial charge on any atom is 0.120 e. The van der Waals surface area contributed by atoms with E-state index >= 15 is 0 Å². The van der Waals surface area contributed by atoms with Gasteiger partial charge in [0.05, 0.1) is 7.11 Å². The van der Waals surface area contributed by atoms with Crippen molar-refractivity contribution in [2.45, 2.75) is 20.4 Å². The summed E-state index contributed by atoms with van der Waals surface area (Å²) in [5.41, 5.74) is 4.91. The number of rotatable bonds is 4. The van der Waals surface area contributed by atoms with Gasteiger partial charge in [0.15, 0.2) is 0 Å². The first-order chi connectivity index (χ1) is 8.69. The van der Waals surface area contributed by atoms with Crippen molar-refractivity contribution in [3.63, 3.8) is 0 Å². The Labute approximate surface area is 109 Å². The second kappa shape index (κ2) is 5.58. The first kappa shape index (κ1) is 12.5. The molecule has 2 rings (SSSR count). The van der Waals surface area contributed by atoms with Gasteiger partial charge < -0.3 is 10.1 Å². The lowest BCUT2D eigenvalue weighted by Gasteiger charge is -2.11. The Balaban J connectivity index is 2.07. The zero-order valence-electron chi connectivity index (χ0n) is 11.2. The smallest absolute Gasteiger partial charge is 0.120 e. The highest BCUT2D eigenvalue weighted by Crippen LogP contribution is 2.22. The quantitative estimate of drug-likeness (QED) is 0.875. The number of hydrogen-bond donors (Lipinski definition) is 1. The van der Waals surface area contributed by atoms with Gasteiger partial charge in [-0.2, -0.15) is 0 Å². The average Bonchev–Trinajstić information content (AvgIpc) is 2.40. The van der Waals surface area contributed by atoms with Crippen LogP contribution < -0.4 is 10.1 Å². The van der Waals surface area contributed by atoms with Gasteiger partial charge in [-0.1, -0.05) is 35.9 Å². The molecule has 0 unspecified atom stereocenters. The topological polar surface area (TPSA) is 21.3 Å². The maximum absolute atomic E-state index is 5.24. The van der Waals surface area contributed by atoms with Crippen LogP contribution in [0, 0.1) is 13.8 Å². The summed E-state index contributed by atoms with van der Waals surface area (Å²) in [6.45, 7) is 5.02. The highest BCUT2D eigenvalue weighted by atomic mass is 16.5. The van der Waals surface area contributed by atoms with Gasteiger partial charge in [-0.15, -0.1) is 0 Å². The van der Waals surface area contributed by atoms with Crippen molar-refractivity contribution in [2.24, 2.45) is 0 Å². The van der Waals surface area contributed by atoms with E-state index in [1.165, 1.54) is 16.7 Å². The molecule has 0 aromatic heterocycles. The largest absolute Gasteiger partial charge is 0.497 e. The molecule has 94 valence electrons. The highest BCUT2D eigenvalue weighted by Gasteiger charge is 2.00. The molecule has 0 radical (unpaired) electrons. The number of ether oxygens (including phenoxy) is 1. The summed E-state index contributed by atoms with van der Waals surface area (Å²) in [7, 11) is 1.69. The lowest BCUT2D eigenvalue weighted by atomic mass is 10.1. The molecule has 0 amide bonds. The second-order valence-corrected chi connectivity index (χ2v) is 4.52. The summed E-state index contributed by atoms with van der Waals surface area (Å²) in [5.74, 6) is 0.881. The summed E-state index contributed by atoms with van der Waals surface area (Å²) >= 11 is 0. The first-order valence-electron chi connectivity index (χ1n) is 6.13. The van der Waals surface area contributed by atoms with Gasteiger partial charge in [0.2, 0.25) is 0 Å². The van der Waals surface area contributed by atoms with E-state index in [1.807, 2.05) is 12.1 Å². The van der Waals surface area contributed by atoms with Crippen LogP contribution in [0.4, 0.5) is 5.69 Å². The van der Waals surface area contributed by atoms with Gasteiger partial charge in [0.1, 0.15) is 5.75 Å². The third-order valence-electron chi connectivity index (χ3n) is 3.05.